The Bertz CT molecular complexity index is 653. The van der Waals surface area contributed by atoms with E-state index in [2.05, 4.69) is 16.3 Å². The highest BCUT2D eigenvalue weighted by molar-refractivity contribution is 6.33. The van der Waals surface area contributed by atoms with Crippen molar-refractivity contribution in [3.8, 4) is 11.1 Å². The summed E-state index contributed by atoms with van der Waals surface area (Å²) in [4.78, 5) is 0. The molecular formula is C11H8ClN4. The molecule has 5 heteroatoms. The summed E-state index contributed by atoms with van der Waals surface area (Å²) < 4.78 is 3.47. The fourth-order valence-corrected chi connectivity index (χ4v) is 1.80. The number of hydrogen-bond acceptors (Lipinski definition) is 2. The predicted octanol–water partition coefficient (Wildman–Crippen LogP) is 2.19. The van der Waals surface area contributed by atoms with Crippen molar-refractivity contribution in [1.29, 1.82) is 0 Å². The normalized spacial score (nSPS) is 11.1. The zero-order chi connectivity index (χ0) is 11.1. The number of nitrogens with zero attached hydrogens (tertiary/aromatic N) is 4. The second kappa shape index (κ2) is 3.35. The highest BCUT2D eigenvalue weighted by Crippen LogP contribution is 2.22. The molecule has 0 unspecified atom stereocenters. The number of fused-ring (bicyclic) bond motifs is 1. The number of pyridine rings is 1. The monoisotopic (exact) mass is 231 g/mol. The van der Waals surface area contributed by atoms with Crippen LogP contribution in [0.1, 0.15) is 0 Å². The Morgan fingerprint density at radius 1 is 1.19 bits per heavy atom. The lowest BCUT2D eigenvalue weighted by Gasteiger charge is -1.98. The Labute approximate surface area is 97.1 Å². The number of halogens is 1. The first-order chi connectivity index (χ1) is 7.74. The number of rotatable bonds is 1. The van der Waals surface area contributed by atoms with Crippen molar-refractivity contribution in [3.63, 3.8) is 0 Å². The van der Waals surface area contributed by atoms with Crippen LogP contribution in [0.2, 0.25) is 5.02 Å². The summed E-state index contributed by atoms with van der Waals surface area (Å²) >= 11 is 5.94. The van der Waals surface area contributed by atoms with Gasteiger partial charge in [0, 0.05) is 36.6 Å². The lowest BCUT2D eigenvalue weighted by atomic mass is 10.1. The van der Waals surface area contributed by atoms with Gasteiger partial charge in [0.15, 0.2) is 0 Å². The van der Waals surface area contributed by atoms with Crippen LogP contribution in [-0.2, 0) is 7.05 Å². The molecule has 0 fully saturated rings. The first kappa shape index (κ1) is 9.42. The summed E-state index contributed by atoms with van der Waals surface area (Å²) in [6.45, 7) is 0. The zero-order valence-electron chi connectivity index (χ0n) is 8.55. The van der Waals surface area contributed by atoms with Gasteiger partial charge in [-0.15, -0.1) is 0 Å². The lowest BCUT2D eigenvalue weighted by Crippen LogP contribution is -1.88. The molecule has 79 valence electrons. The van der Waals surface area contributed by atoms with Gasteiger partial charge in [-0.2, -0.15) is 10.2 Å². The molecule has 0 saturated carbocycles. The second-order valence-corrected chi connectivity index (χ2v) is 3.97. The fraction of sp³-hybridized carbons (Fsp3) is 0.0909. The van der Waals surface area contributed by atoms with Crippen molar-refractivity contribution in [2.24, 2.45) is 7.05 Å². The molecule has 0 amide bonds. The molecule has 0 aromatic carbocycles. The Hall–Kier alpha value is -1.81. The Morgan fingerprint density at radius 3 is 2.81 bits per heavy atom. The Balaban J connectivity index is 2.18. The maximum Gasteiger partial charge on any atom is 0.0927 e. The minimum absolute atomic E-state index is 0.609. The van der Waals surface area contributed by atoms with Crippen LogP contribution in [-0.4, -0.2) is 19.4 Å². The maximum absolute atomic E-state index is 5.94. The number of aromatic nitrogens is 4. The van der Waals surface area contributed by atoms with Crippen LogP contribution in [0.4, 0.5) is 0 Å². The predicted molar refractivity (Wildman–Crippen MR) is 61.2 cm³/mol. The topological polar surface area (TPSA) is 35.1 Å². The molecule has 0 aliphatic heterocycles. The van der Waals surface area contributed by atoms with Crippen molar-refractivity contribution in [2.45, 2.75) is 0 Å². The van der Waals surface area contributed by atoms with E-state index >= 15 is 0 Å². The standard InChI is InChI=1S/C11H8ClN4/c1-15-6-9(4-13-15)8-2-3-11-10(12)5-14-16(11)7-8/h2,4-7H,1H3. The van der Waals surface area contributed by atoms with E-state index in [1.807, 2.05) is 25.5 Å². The third-order valence-corrected chi connectivity index (χ3v) is 2.69. The van der Waals surface area contributed by atoms with E-state index in [4.69, 9.17) is 11.6 Å². The quantitative estimate of drug-likeness (QED) is 0.644. The lowest BCUT2D eigenvalue weighted by molar-refractivity contribution is 0.768. The minimum atomic E-state index is 0.609. The smallest absolute Gasteiger partial charge is 0.0927 e. The molecule has 0 spiro atoms. The van der Waals surface area contributed by atoms with Gasteiger partial charge in [0.1, 0.15) is 0 Å². The Morgan fingerprint density at radius 2 is 2.06 bits per heavy atom. The van der Waals surface area contributed by atoms with Gasteiger partial charge in [0.05, 0.1) is 22.9 Å². The van der Waals surface area contributed by atoms with Crippen LogP contribution in [0.15, 0.2) is 30.9 Å². The average Bonchev–Trinajstić information content (AvgIpc) is 2.86. The second-order valence-electron chi connectivity index (χ2n) is 3.56. The summed E-state index contributed by atoms with van der Waals surface area (Å²) in [6, 6.07) is 5.00. The van der Waals surface area contributed by atoms with Gasteiger partial charge in [-0.1, -0.05) is 11.6 Å². The summed E-state index contributed by atoms with van der Waals surface area (Å²) in [5.74, 6) is 0. The van der Waals surface area contributed by atoms with Gasteiger partial charge >= 0.3 is 0 Å². The first-order valence-electron chi connectivity index (χ1n) is 4.77. The molecule has 4 nitrogen and oxygen atoms in total. The van der Waals surface area contributed by atoms with Gasteiger partial charge in [-0.05, 0) is 6.07 Å². The molecule has 3 rings (SSSR count). The minimum Gasteiger partial charge on any atom is -0.275 e. The maximum atomic E-state index is 5.94. The van der Waals surface area contributed by atoms with E-state index in [1.54, 1.807) is 21.6 Å². The molecule has 3 aromatic rings. The third-order valence-electron chi connectivity index (χ3n) is 2.41. The first-order valence-corrected chi connectivity index (χ1v) is 5.15. The van der Waals surface area contributed by atoms with Gasteiger partial charge in [-0.3, -0.25) is 4.68 Å². The van der Waals surface area contributed by atoms with Gasteiger partial charge in [0.25, 0.3) is 0 Å². The van der Waals surface area contributed by atoms with Crippen molar-refractivity contribution in [2.75, 3.05) is 0 Å². The van der Waals surface area contributed by atoms with Crippen molar-refractivity contribution in [3.05, 3.63) is 41.9 Å². The highest BCUT2D eigenvalue weighted by Gasteiger charge is 2.05. The zero-order valence-corrected chi connectivity index (χ0v) is 9.31. The van der Waals surface area contributed by atoms with Crippen LogP contribution >= 0.6 is 11.6 Å². The van der Waals surface area contributed by atoms with E-state index in [1.165, 1.54) is 0 Å². The van der Waals surface area contributed by atoms with Crippen LogP contribution in [0.25, 0.3) is 16.6 Å². The van der Waals surface area contributed by atoms with Crippen molar-refractivity contribution >= 4 is 17.1 Å². The molecule has 3 heterocycles. The van der Waals surface area contributed by atoms with E-state index in [0.29, 0.717) is 5.02 Å². The van der Waals surface area contributed by atoms with Crippen LogP contribution in [0, 0.1) is 6.07 Å². The van der Waals surface area contributed by atoms with E-state index in [0.717, 1.165) is 16.6 Å². The van der Waals surface area contributed by atoms with Crippen LogP contribution in [0.3, 0.4) is 0 Å². The van der Waals surface area contributed by atoms with Crippen molar-refractivity contribution in [1.82, 2.24) is 19.4 Å². The third kappa shape index (κ3) is 1.39. The average molecular weight is 232 g/mol. The summed E-state index contributed by atoms with van der Waals surface area (Å²) in [5, 5.41) is 8.87. The van der Waals surface area contributed by atoms with E-state index in [-0.39, 0.29) is 0 Å². The highest BCUT2D eigenvalue weighted by atomic mass is 35.5. The molecule has 0 N–H and O–H groups in total. The van der Waals surface area contributed by atoms with Gasteiger partial charge in [-0.25, -0.2) is 4.52 Å². The molecular weight excluding hydrogens is 224 g/mol. The summed E-state index contributed by atoms with van der Waals surface area (Å²) in [7, 11) is 1.89. The Kier molecular flexibility index (Phi) is 1.97. The fourth-order valence-electron chi connectivity index (χ4n) is 1.62. The van der Waals surface area contributed by atoms with Gasteiger partial charge < -0.3 is 0 Å². The molecule has 1 radical (unpaired) electrons. The molecule has 0 atom stereocenters. The largest absolute Gasteiger partial charge is 0.275 e. The summed E-state index contributed by atoms with van der Waals surface area (Å²) in [6.07, 6.45) is 7.27. The van der Waals surface area contributed by atoms with E-state index < -0.39 is 0 Å². The molecule has 16 heavy (non-hydrogen) atoms. The number of aryl methyl sites for hydroxylation is 1. The van der Waals surface area contributed by atoms with Crippen LogP contribution < -0.4 is 0 Å². The SMILES string of the molecule is Cn1cc(-c2c[c]c3c(Cl)cnn3c2)cn1. The molecule has 0 bridgehead atoms. The molecule has 0 saturated heterocycles. The van der Waals surface area contributed by atoms with E-state index in [9.17, 15) is 0 Å². The molecule has 0 aliphatic rings. The van der Waals surface area contributed by atoms with Crippen molar-refractivity contribution < 1.29 is 0 Å². The molecule has 0 aliphatic carbocycles. The summed E-state index contributed by atoms with van der Waals surface area (Å²) in [5.41, 5.74) is 2.84. The molecule has 3 aromatic heterocycles. The van der Waals surface area contributed by atoms with Gasteiger partial charge in [0.2, 0.25) is 0 Å². The van der Waals surface area contributed by atoms with Crippen LogP contribution in [0.5, 0.6) is 0 Å². The number of hydrogen-bond donors (Lipinski definition) is 0.